The second-order valence-electron chi connectivity index (χ2n) is 7.33. The molecule has 0 unspecified atom stereocenters. The number of aromatic nitrogens is 1. The third-order valence-electron chi connectivity index (χ3n) is 5.22. The van der Waals surface area contributed by atoms with Gasteiger partial charge in [-0.3, -0.25) is 9.59 Å². The van der Waals surface area contributed by atoms with Crippen molar-refractivity contribution < 1.29 is 13.2 Å². The number of carbonyl (C=O) groups excluding carboxylic acids is 1. The predicted molar refractivity (Wildman–Crippen MR) is 122 cm³/mol. The molecule has 0 saturated carbocycles. The first-order valence-corrected chi connectivity index (χ1v) is 11.7. The second kappa shape index (κ2) is 9.45. The van der Waals surface area contributed by atoms with E-state index in [1.807, 2.05) is 31.2 Å². The summed E-state index contributed by atoms with van der Waals surface area (Å²) in [5.41, 5.74) is 2.65. The first-order chi connectivity index (χ1) is 14.8. The Morgan fingerprint density at radius 2 is 1.71 bits per heavy atom. The molecular weight excluding hydrogens is 414 g/mol. The van der Waals surface area contributed by atoms with Gasteiger partial charge in [0.15, 0.2) is 0 Å². The van der Waals surface area contributed by atoms with Crippen molar-refractivity contribution in [1.82, 2.24) is 14.6 Å². The molecule has 0 saturated heterocycles. The quantitative estimate of drug-likeness (QED) is 0.561. The molecule has 8 heteroatoms. The van der Waals surface area contributed by atoms with E-state index in [2.05, 4.69) is 10.3 Å². The normalized spacial score (nSPS) is 11.7. The van der Waals surface area contributed by atoms with E-state index in [1.165, 1.54) is 28.6 Å². The lowest BCUT2D eigenvalue weighted by atomic mass is 10.1. The highest BCUT2D eigenvalue weighted by molar-refractivity contribution is 7.89. The Hall–Kier alpha value is -2.97. The van der Waals surface area contributed by atoms with Gasteiger partial charge in [0.05, 0.1) is 4.90 Å². The molecule has 3 rings (SSSR count). The van der Waals surface area contributed by atoms with Crippen molar-refractivity contribution >= 4 is 26.8 Å². The van der Waals surface area contributed by atoms with E-state index in [9.17, 15) is 18.0 Å². The van der Waals surface area contributed by atoms with Crippen molar-refractivity contribution in [2.75, 3.05) is 19.6 Å². The third-order valence-corrected chi connectivity index (χ3v) is 7.28. The van der Waals surface area contributed by atoms with E-state index in [-0.39, 0.29) is 16.4 Å². The van der Waals surface area contributed by atoms with Crippen LogP contribution in [0, 0.1) is 6.92 Å². The Morgan fingerprint density at radius 3 is 2.35 bits per heavy atom. The minimum atomic E-state index is -3.56. The third kappa shape index (κ3) is 5.03. The molecule has 0 fully saturated rings. The number of rotatable bonds is 8. The molecule has 0 spiro atoms. The van der Waals surface area contributed by atoms with Gasteiger partial charge in [-0.2, -0.15) is 4.31 Å². The maximum Gasteiger partial charge on any atom is 0.251 e. The topological polar surface area (TPSA) is 99.3 Å². The molecule has 0 aliphatic heterocycles. The summed E-state index contributed by atoms with van der Waals surface area (Å²) in [6, 6.07) is 13.6. The van der Waals surface area contributed by atoms with Crippen LogP contribution >= 0.6 is 0 Å². The van der Waals surface area contributed by atoms with E-state index >= 15 is 0 Å². The van der Waals surface area contributed by atoms with Crippen molar-refractivity contribution in [2.45, 2.75) is 32.1 Å². The van der Waals surface area contributed by atoms with Crippen LogP contribution in [0.5, 0.6) is 0 Å². The van der Waals surface area contributed by atoms with E-state index in [4.69, 9.17) is 0 Å². The molecule has 3 aromatic rings. The molecular formula is C23H27N3O4S. The number of amides is 1. The van der Waals surface area contributed by atoms with Gasteiger partial charge in [-0.15, -0.1) is 0 Å². The summed E-state index contributed by atoms with van der Waals surface area (Å²) in [6.07, 6.45) is 0.388. The smallest absolute Gasteiger partial charge is 0.251 e. The Kier molecular flexibility index (Phi) is 6.92. The summed E-state index contributed by atoms with van der Waals surface area (Å²) in [5, 5.41) is 3.72. The molecule has 1 heterocycles. The number of hydrogen-bond donors (Lipinski definition) is 2. The van der Waals surface area contributed by atoms with Crippen molar-refractivity contribution in [3.8, 4) is 0 Å². The Morgan fingerprint density at radius 1 is 1.03 bits per heavy atom. The molecule has 2 N–H and O–H groups in total. The number of nitrogens with zero attached hydrogens (tertiary/aromatic N) is 1. The summed E-state index contributed by atoms with van der Waals surface area (Å²) in [4.78, 5) is 27.8. The zero-order chi connectivity index (χ0) is 22.6. The fraction of sp³-hybridized carbons (Fsp3) is 0.304. The fourth-order valence-electron chi connectivity index (χ4n) is 3.45. The zero-order valence-electron chi connectivity index (χ0n) is 17.9. The number of fused-ring (bicyclic) bond motifs is 1. The average Bonchev–Trinajstić information content (AvgIpc) is 2.75. The van der Waals surface area contributed by atoms with Crippen LogP contribution in [0.4, 0.5) is 0 Å². The first-order valence-electron chi connectivity index (χ1n) is 10.3. The van der Waals surface area contributed by atoms with Crippen LogP contribution in [-0.4, -0.2) is 43.2 Å². The predicted octanol–water partition coefficient (Wildman–Crippen LogP) is 2.84. The van der Waals surface area contributed by atoms with E-state index in [0.717, 1.165) is 16.5 Å². The lowest BCUT2D eigenvalue weighted by Crippen LogP contribution is -2.30. The Bertz CT molecular complexity index is 1240. The molecule has 2 aromatic carbocycles. The van der Waals surface area contributed by atoms with Crippen LogP contribution < -0.4 is 10.9 Å². The van der Waals surface area contributed by atoms with Crippen molar-refractivity contribution in [2.24, 2.45) is 0 Å². The molecule has 0 radical (unpaired) electrons. The van der Waals surface area contributed by atoms with Crippen LogP contribution in [-0.2, 0) is 16.4 Å². The first kappa shape index (κ1) is 22.7. The highest BCUT2D eigenvalue weighted by Crippen LogP contribution is 2.16. The van der Waals surface area contributed by atoms with Crippen molar-refractivity contribution in [1.29, 1.82) is 0 Å². The molecule has 164 valence electrons. The summed E-state index contributed by atoms with van der Waals surface area (Å²) >= 11 is 0. The van der Waals surface area contributed by atoms with E-state index in [1.54, 1.807) is 13.8 Å². The summed E-state index contributed by atoms with van der Waals surface area (Å²) in [7, 11) is -3.56. The van der Waals surface area contributed by atoms with Gasteiger partial charge >= 0.3 is 0 Å². The molecule has 31 heavy (non-hydrogen) atoms. The average molecular weight is 442 g/mol. The molecule has 1 aromatic heterocycles. The molecule has 1 amide bonds. The summed E-state index contributed by atoms with van der Waals surface area (Å²) < 4.78 is 26.4. The number of H-pyrrole nitrogens is 1. The number of sulfonamides is 1. The molecule has 0 atom stereocenters. The van der Waals surface area contributed by atoms with Crippen LogP contribution in [0.3, 0.4) is 0 Å². The largest absolute Gasteiger partial charge is 0.352 e. The highest BCUT2D eigenvalue weighted by Gasteiger charge is 2.21. The van der Waals surface area contributed by atoms with Gasteiger partial charge in [0.25, 0.3) is 11.5 Å². The summed E-state index contributed by atoms with van der Waals surface area (Å²) in [6.45, 7) is 6.59. The van der Waals surface area contributed by atoms with Gasteiger partial charge in [-0.05, 0) is 60.7 Å². The molecule has 7 nitrogen and oxygen atoms in total. The van der Waals surface area contributed by atoms with Gasteiger partial charge in [-0.1, -0.05) is 26.0 Å². The number of pyridine rings is 1. The Balaban J connectivity index is 1.65. The maximum absolute atomic E-state index is 12.5. The number of carbonyl (C=O) groups is 1. The number of aryl methyl sites for hydroxylation is 1. The molecule has 0 aliphatic rings. The number of benzene rings is 2. The second-order valence-corrected chi connectivity index (χ2v) is 9.27. The number of nitrogens with one attached hydrogen (secondary N) is 2. The SMILES string of the molecule is CCN(CC)S(=O)(=O)c1ccc(C(=O)NCCc2cc3ccc(C)cc3[nH]c2=O)cc1. The highest BCUT2D eigenvalue weighted by atomic mass is 32.2. The van der Waals surface area contributed by atoms with Gasteiger partial charge < -0.3 is 10.3 Å². The van der Waals surface area contributed by atoms with Gasteiger partial charge in [0.1, 0.15) is 0 Å². The van der Waals surface area contributed by atoms with Gasteiger partial charge in [0, 0.05) is 36.3 Å². The van der Waals surface area contributed by atoms with Gasteiger partial charge in [0.2, 0.25) is 10.0 Å². The Labute approximate surface area is 182 Å². The standard InChI is InChI=1S/C23H27N3O4S/c1-4-26(5-2)31(29,30)20-10-8-17(9-11-20)22(27)24-13-12-19-15-18-7-6-16(3)14-21(18)25-23(19)28/h6-11,14-15H,4-5,12-13H2,1-3H3,(H,24,27)(H,25,28). The minimum absolute atomic E-state index is 0.158. The zero-order valence-corrected chi connectivity index (χ0v) is 18.8. The van der Waals surface area contributed by atoms with Crippen LogP contribution in [0.1, 0.15) is 35.3 Å². The van der Waals surface area contributed by atoms with E-state index in [0.29, 0.717) is 37.2 Å². The molecule has 0 aliphatic carbocycles. The van der Waals surface area contributed by atoms with Crippen LogP contribution in [0.15, 0.2) is 58.2 Å². The monoisotopic (exact) mass is 441 g/mol. The van der Waals surface area contributed by atoms with Crippen LogP contribution in [0.2, 0.25) is 0 Å². The minimum Gasteiger partial charge on any atom is -0.352 e. The van der Waals surface area contributed by atoms with Crippen molar-refractivity contribution in [3.63, 3.8) is 0 Å². The number of hydrogen-bond acceptors (Lipinski definition) is 4. The lowest BCUT2D eigenvalue weighted by molar-refractivity contribution is 0.0954. The fourth-order valence-corrected chi connectivity index (χ4v) is 4.91. The van der Waals surface area contributed by atoms with Gasteiger partial charge in [-0.25, -0.2) is 8.42 Å². The maximum atomic E-state index is 12.5. The van der Waals surface area contributed by atoms with Crippen LogP contribution in [0.25, 0.3) is 10.9 Å². The lowest BCUT2D eigenvalue weighted by Gasteiger charge is -2.18. The number of aromatic amines is 1. The van der Waals surface area contributed by atoms with Crippen molar-refractivity contribution in [3.05, 3.63) is 75.6 Å². The summed E-state index contributed by atoms with van der Waals surface area (Å²) in [5.74, 6) is -0.320. The molecule has 0 bridgehead atoms. The van der Waals surface area contributed by atoms with E-state index < -0.39 is 10.0 Å².